The van der Waals surface area contributed by atoms with Crippen LogP contribution in [0.4, 0.5) is 13.2 Å². The number of fused-ring (bicyclic) bond motifs is 1. The van der Waals surface area contributed by atoms with Crippen molar-refractivity contribution in [1.82, 2.24) is 9.55 Å². The smallest absolute Gasteiger partial charge is 0.416 e. The van der Waals surface area contributed by atoms with Crippen molar-refractivity contribution in [2.45, 2.75) is 25.1 Å². The summed E-state index contributed by atoms with van der Waals surface area (Å²) in [7, 11) is 1.55. The quantitative estimate of drug-likeness (QED) is 0.633. The van der Waals surface area contributed by atoms with Crippen LogP contribution in [0.25, 0.3) is 11.1 Å². The summed E-state index contributed by atoms with van der Waals surface area (Å²) in [4.78, 5) is 17.7. The lowest BCUT2D eigenvalue weighted by atomic mass is 10.0. The number of benzene rings is 1. The summed E-state index contributed by atoms with van der Waals surface area (Å²) in [5.74, 6) is 0.234. The van der Waals surface area contributed by atoms with Crippen LogP contribution in [0.2, 0.25) is 4.47 Å². The largest absolute Gasteiger partial charge is 0.477 e. The molecule has 1 atom stereocenters. The summed E-state index contributed by atoms with van der Waals surface area (Å²) in [6, 6.07) is 4.10. The molecule has 1 aromatic carbocycles. The van der Waals surface area contributed by atoms with E-state index in [4.69, 9.17) is 11.6 Å². The Morgan fingerprint density at radius 3 is 2.79 bits per heavy atom. The third-order valence-electron chi connectivity index (χ3n) is 4.89. The van der Waals surface area contributed by atoms with E-state index < -0.39 is 17.3 Å². The minimum atomic E-state index is -4.55. The van der Waals surface area contributed by atoms with Gasteiger partial charge in [-0.2, -0.15) is 22.3 Å². The zero-order valence-corrected chi connectivity index (χ0v) is 16.1. The minimum absolute atomic E-state index is 0.0104. The lowest BCUT2D eigenvalue weighted by molar-refractivity contribution is -0.715. The molecule has 1 N–H and O–H groups in total. The van der Waals surface area contributed by atoms with E-state index in [9.17, 15) is 23.1 Å². The van der Waals surface area contributed by atoms with E-state index in [0.29, 0.717) is 23.1 Å². The molecule has 10 heteroatoms. The minimum Gasteiger partial charge on any atom is -0.477 e. The molecule has 0 unspecified atom stereocenters. The summed E-state index contributed by atoms with van der Waals surface area (Å²) < 4.78 is 42.6. The first-order chi connectivity index (χ1) is 13.2. The fourth-order valence-electron chi connectivity index (χ4n) is 3.59. The number of halogens is 4. The third-order valence-corrected chi connectivity index (χ3v) is 6.11. The number of alkyl halides is 3. The predicted molar refractivity (Wildman–Crippen MR) is 97.6 cm³/mol. The van der Waals surface area contributed by atoms with E-state index in [1.165, 1.54) is 28.0 Å². The molecule has 146 valence electrons. The lowest BCUT2D eigenvalue weighted by Crippen LogP contribution is -2.45. The van der Waals surface area contributed by atoms with Crippen molar-refractivity contribution in [3.63, 3.8) is 0 Å². The van der Waals surface area contributed by atoms with E-state index >= 15 is 0 Å². The van der Waals surface area contributed by atoms with Crippen molar-refractivity contribution in [2.75, 3.05) is 0 Å². The lowest BCUT2D eigenvalue weighted by Gasteiger charge is -2.13. The number of aromatic hydroxyl groups is 1. The summed E-state index contributed by atoms with van der Waals surface area (Å²) in [6.45, 7) is 0. The van der Waals surface area contributed by atoms with Crippen LogP contribution >= 0.6 is 22.9 Å². The van der Waals surface area contributed by atoms with Gasteiger partial charge in [-0.25, -0.2) is 9.78 Å². The topological polar surface area (TPSA) is 59.0 Å². The van der Waals surface area contributed by atoms with Crippen LogP contribution in [0.15, 0.2) is 35.3 Å². The van der Waals surface area contributed by atoms with Gasteiger partial charge >= 0.3 is 11.7 Å². The summed E-state index contributed by atoms with van der Waals surface area (Å²) >= 11 is 7.18. The molecule has 3 heterocycles. The summed E-state index contributed by atoms with van der Waals surface area (Å²) in [5.41, 5.74) is -1.59. The van der Waals surface area contributed by atoms with Gasteiger partial charge in [-0.15, -0.1) is 11.3 Å². The molecule has 4 rings (SSSR count). The SMILES string of the molecule is Cn1c2[n+](c(O)c(-c3cccc(C(F)(F)F)c3)c1=O)[C@H](c1cnc(Cl)s1)CC2. The van der Waals surface area contributed by atoms with Gasteiger partial charge in [-0.3, -0.25) is 0 Å². The molecule has 0 saturated carbocycles. The monoisotopic (exact) mass is 428 g/mol. The van der Waals surface area contributed by atoms with Crippen LogP contribution in [-0.2, 0) is 19.6 Å². The first kappa shape index (κ1) is 18.9. The van der Waals surface area contributed by atoms with Gasteiger partial charge in [0.1, 0.15) is 6.04 Å². The Bertz CT molecular complexity index is 1140. The molecule has 0 spiro atoms. The molecule has 0 bridgehead atoms. The molecule has 0 aliphatic carbocycles. The van der Waals surface area contributed by atoms with Crippen molar-refractivity contribution in [2.24, 2.45) is 7.05 Å². The summed E-state index contributed by atoms with van der Waals surface area (Å²) in [5, 5.41) is 10.9. The van der Waals surface area contributed by atoms with Gasteiger partial charge in [-0.05, 0) is 17.7 Å². The Morgan fingerprint density at radius 1 is 1.39 bits per heavy atom. The zero-order chi connectivity index (χ0) is 20.2. The van der Waals surface area contributed by atoms with Gasteiger partial charge < -0.3 is 5.11 Å². The van der Waals surface area contributed by atoms with Crippen molar-refractivity contribution >= 4 is 22.9 Å². The number of hydrogen-bond donors (Lipinski definition) is 1. The molecule has 0 saturated heterocycles. The van der Waals surface area contributed by atoms with Gasteiger partial charge in [0.05, 0.1) is 23.9 Å². The van der Waals surface area contributed by atoms with Crippen molar-refractivity contribution < 1.29 is 22.8 Å². The standard InChI is InChI=1S/C18H13ClF3N3O2S/c1-24-13-6-5-11(12-8-23-17(19)28-12)25(13)16(27)14(15(24)26)9-3-2-4-10(7-9)18(20,21)22/h2-4,7-8,11H,5-6H2,1H3/p+1/t11-/m0/s1. The second kappa shape index (κ2) is 6.59. The highest BCUT2D eigenvalue weighted by atomic mass is 35.5. The van der Waals surface area contributed by atoms with Gasteiger partial charge in [0.25, 0.3) is 11.7 Å². The van der Waals surface area contributed by atoms with Crippen LogP contribution < -0.4 is 10.1 Å². The molecule has 1 aliphatic rings. The van der Waals surface area contributed by atoms with Gasteiger partial charge in [0.15, 0.2) is 10.0 Å². The maximum atomic E-state index is 13.1. The molecule has 2 aromatic heterocycles. The zero-order valence-electron chi connectivity index (χ0n) is 14.5. The number of rotatable bonds is 2. The molecular weight excluding hydrogens is 415 g/mol. The molecule has 0 amide bonds. The third kappa shape index (κ3) is 2.98. The second-order valence-corrected chi connectivity index (χ2v) is 8.14. The van der Waals surface area contributed by atoms with Crippen LogP contribution in [0, 0.1) is 0 Å². The molecule has 1 aliphatic heterocycles. The van der Waals surface area contributed by atoms with Crippen LogP contribution in [0.1, 0.15) is 28.7 Å². The summed E-state index contributed by atoms with van der Waals surface area (Å²) in [6.07, 6.45) is -1.80. The predicted octanol–water partition coefficient (Wildman–Crippen LogP) is 3.71. The van der Waals surface area contributed by atoms with Crippen LogP contribution in [0.5, 0.6) is 5.88 Å². The van der Waals surface area contributed by atoms with Crippen molar-refractivity contribution in [3.8, 4) is 17.0 Å². The van der Waals surface area contributed by atoms with E-state index in [0.717, 1.165) is 17.0 Å². The van der Waals surface area contributed by atoms with Gasteiger partial charge in [0, 0.05) is 12.6 Å². The molecule has 0 radical (unpaired) electrons. The molecule has 3 aromatic rings. The second-order valence-electron chi connectivity index (χ2n) is 6.50. The first-order valence-corrected chi connectivity index (χ1v) is 9.53. The van der Waals surface area contributed by atoms with E-state index in [-0.39, 0.29) is 23.0 Å². The molecule has 0 fully saturated rings. The van der Waals surface area contributed by atoms with Crippen molar-refractivity contribution in [1.29, 1.82) is 0 Å². The number of thiazole rings is 1. The number of hydrogen-bond acceptors (Lipinski definition) is 4. The maximum absolute atomic E-state index is 13.1. The Balaban J connectivity index is 1.94. The Kier molecular flexibility index (Phi) is 4.46. The average Bonchev–Trinajstić information content (AvgIpc) is 3.26. The molecule has 28 heavy (non-hydrogen) atoms. The highest BCUT2D eigenvalue weighted by Gasteiger charge is 2.39. The Morgan fingerprint density at radius 2 is 2.14 bits per heavy atom. The van der Waals surface area contributed by atoms with E-state index in [1.807, 2.05) is 0 Å². The van der Waals surface area contributed by atoms with Crippen molar-refractivity contribution in [3.05, 3.63) is 61.5 Å². The van der Waals surface area contributed by atoms with Crippen LogP contribution in [-0.4, -0.2) is 14.7 Å². The van der Waals surface area contributed by atoms with E-state index in [2.05, 4.69) is 4.98 Å². The van der Waals surface area contributed by atoms with Gasteiger partial charge in [0.2, 0.25) is 0 Å². The molecular formula is C18H14ClF3N3O2S+. The van der Waals surface area contributed by atoms with Crippen LogP contribution in [0.3, 0.4) is 0 Å². The Hall–Kier alpha value is -2.39. The first-order valence-electron chi connectivity index (χ1n) is 8.33. The fourth-order valence-corrected chi connectivity index (χ4v) is 4.67. The number of nitrogens with zero attached hydrogens (tertiary/aromatic N) is 3. The normalized spacial score (nSPS) is 16.4. The highest BCUT2D eigenvalue weighted by Crippen LogP contribution is 2.36. The highest BCUT2D eigenvalue weighted by molar-refractivity contribution is 7.15. The fraction of sp³-hybridized carbons (Fsp3) is 0.278. The average molecular weight is 429 g/mol. The number of aromatic nitrogens is 3. The maximum Gasteiger partial charge on any atom is 0.416 e. The van der Waals surface area contributed by atoms with E-state index in [1.54, 1.807) is 17.8 Å². The molecule has 5 nitrogen and oxygen atoms in total. The Labute approximate surface area is 166 Å². The van der Waals surface area contributed by atoms with Gasteiger partial charge in [-0.1, -0.05) is 23.7 Å².